The minimum Gasteiger partial charge on any atom is -0.324 e. The van der Waals surface area contributed by atoms with Crippen molar-refractivity contribution < 1.29 is 4.79 Å². The van der Waals surface area contributed by atoms with Crippen molar-refractivity contribution in [3.05, 3.63) is 11.6 Å². The number of hydrogen-bond donors (Lipinski definition) is 1. The molecule has 2 heteroatoms. The van der Waals surface area contributed by atoms with Gasteiger partial charge in [0, 0.05) is 18.0 Å². The Morgan fingerprint density at radius 2 is 2.17 bits per heavy atom. The molecular weight excluding hydrogens is 150 g/mol. The fourth-order valence-corrected chi connectivity index (χ4v) is 1.54. The summed E-state index contributed by atoms with van der Waals surface area (Å²) in [5.74, 6) is 0.226. The van der Waals surface area contributed by atoms with Gasteiger partial charge in [-0.05, 0) is 18.8 Å². The monoisotopic (exact) mass is 167 g/mol. The van der Waals surface area contributed by atoms with Gasteiger partial charge >= 0.3 is 0 Å². The van der Waals surface area contributed by atoms with E-state index in [1.54, 1.807) is 0 Å². The van der Waals surface area contributed by atoms with Gasteiger partial charge in [0.05, 0.1) is 0 Å². The first-order valence-electron chi connectivity index (χ1n) is 4.44. The van der Waals surface area contributed by atoms with Crippen molar-refractivity contribution in [3.63, 3.8) is 0 Å². The number of carbonyl (C=O) groups is 1. The molecule has 0 spiro atoms. The van der Waals surface area contributed by atoms with Gasteiger partial charge in [-0.3, -0.25) is 4.79 Å². The van der Waals surface area contributed by atoms with Crippen LogP contribution in [0.5, 0.6) is 0 Å². The number of ketones is 1. The summed E-state index contributed by atoms with van der Waals surface area (Å²) in [5.41, 5.74) is 6.65. The Kier molecular flexibility index (Phi) is 2.38. The molecule has 1 atom stereocenters. The van der Waals surface area contributed by atoms with E-state index in [1.165, 1.54) is 0 Å². The molecule has 0 amide bonds. The van der Waals surface area contributed by atoms with E-state index in [2.05, 4.69) is 13.8 Å². The SMILES string of the molecule is CC(N)C1=CC(C)(C)CCC1=O. The highest BCUT2D eigenvalue weighted by molar-refractivity contribution is 5.97. The fraction of sp³-hybridized carbons (Fsp3) is 0.700. The lowest BCUT2D eigenvalue weighted by atomic mass is 9.77. The quantitative estimate of drug-likeness (QED) is 0.645. The molecule has 0 aromatic rings. The van der Waals surface area contributed by atoms with Gasteiger partial charge in [0.25, 0.3) is 0 Å². The average molecular weight is 167 g/mol. The molecule has 0 aromatic heterocycles. The number of Topliss-reactive ketones (excluding diaryl/α,β-unsaturated/α-hetero) is 1. The van der Waals surface area contributed by atoms with Crippen molar-refractivity contribution >= 4 is 5.78 Å². The van der Waals surface area contributed by atoms with Crippen LogP contribution in [0.25, 0.3) is 0 Å². The molecule has 0 fully saturated rings. The summed E-state index contributed by atoms with van der Waals surface area (Å²) in [6.45, 7) is 6.15. The number of rotatable bonds is 1. The summed E-state index contributed by atoms with van der Waals surface area (Å²) < 4.78 is 0. The predicted molar refractivity (Wildman–Crippen MR) is 49.8 cm³/mol. The van der Waals surface area contributed by atoms with Crippen molar-refractivity contribution in [2.75, 3.05) is 0 Å². The van der Waals surface area contributed by atoms with E-state index in [0.717, 1.165) is 12.0 Å². The Morgan fingerprint density at radius 3 is 2.58 bits per heavy atom. The van der Waals surface area contributed by atoms with Gasteiger partial charge in [-0.25, -0.2) is 0 Å². The van der Waals surface area contributed by atoms with Gasteiger partial charge in [0.1, 0.15) is 0 Å². The van der Waals surface area contributed by atoms with E-state index in [-0.39, 0.29) is 17.2 Å². The third-order valence-electron chi connectivity index (χ3n) is 2.36. The molecule has 0 heterocycles. The molecule has 0 saturated heterocycles. The van der Waals surface area contributed by atoms with Gasteiger partial charge in [0.2, 0.25) is 0 Å². The number of nitrogens with two attached hydrogens (primary N) is 1. The maximum absolute atomic E-state index is 11.4. The van der Waals surface area contributed by atoms with Gasteiger partial charge < -0.3 is 5.73 Å². The smallest absolute Gasteiger partial charge is 0.160 e. The molecule has 0 radical (unpaired) electrons. The highest BCUT2D eigenvalue weighted by Gasteiger charge is 2.26. The molecule has 1 unspecified atom stereocenters. The van der Waals surface area contributed by atoms with Gasteiger partial charge in [-0.15, -0.1) is 0 Å². The summed E-state index contributed by atoms with van der Waals surface area (Å²) in [4.78, 5) is 11.4. The Balaban J connectivity index is 2.93. The lowest BCUT2D eigenvalue weighted by molar-refractivity contribution is -0.116. The Hall–Kier alpha value is -0.630. The first-order valence-corrected chi connectivity index (χ1v) is 4.44. The topological polar surface area (TPSA) is 43.1 Å². The van der Waals surface area contributed by atoms with E-state index in [9.17, 15) is 4.79 Å². The van der Waals surface area contributed by atoms with Crippen LogP contribution in [-0.4, -0.2) is 11.8 Å². The van der Waals surface area contributed by atoms with Crippen molar-refractivity contribution in [1.82, 2.24) is 0 Å². The second-order valence-corrected chi connectivity index (χ2v) is 4.30. The standard InChI is InChI=1S/C10H17NO/c1-7(11)8-6-10(2,3)5-4-9(8)12/h6-7H,4-5,11H2,1-3H3. The highest BCUT2D eigenvalue weighted by Crippen LogP contribution is 2.31. The molecule has 0 saturated carbocycles. The molecule has 2 N–H and O–H groups in total. The number of allylic oxidation sites excluding steroid dienone is 1. The number of carbonyl (C=O) groups excluding carboxylic acids is 1. The molecular formula is C10H17NO. The second-order valence-electron chi connectivity index (χ2n) is 4.30. The van der Waals surface area contributed by atoms with Crippen LogP contribution in [0.15, 0.2) is 11.6 Å². The number of hydrogen-bond acceptors (Lipinski definition) is 2. The highest BCUT2D eigenvalue weighted by atomic mass is 16.1. The Bertz CT molecular complexity index is 226. The minimum atomic E-state index is -0.114. The minimum absolute atomic E-state index is 0.114. The van der Waals surface area contributed by atoms with Gasteiger partial charge in [-0.1, -0.05) is 19.9 Å². The summed E-state index contributed by atoms with van der Waals surface area (Å²) in [6.07, 6.45) is 3.63. The molecule has 2 nitrogen and oxygen atoms in total. The van der Waals surface area contributed by atoms with Gasteiger partial charge in [-0.2, -0.15) is 0 Å². The predicted octanol–water partition coefficient (Wildman–Crippen LogP) is 1.65. The van der Waals surface area contributed by atoms with Crippen molar-refractivity contribution in [3.8, 4) is 0 Å². The van der Waals surface area contributed by atoms with Crippen LogP contribution >= 0.6 is 0 Å². The van der Waals surface area contributed by atoms with E-state index < -0.39 is 0 Å². The summed E-state index contributed by atoms with van der Waals surface area (Å²) in [6, 6.07) is -0.114. The summed E-state index contributed by atoms with van der Waals surface area (Å²) in [5, 5.41) is 0. The molecule has 68 valence electrons. The lowest BCUT2D eigenvalue weighted by Crippen LogP contribution is -2.30. The fourth-order valence-electron chi connectivity index (χ4n) is 1.54. The average Bonchev–Trinajstić information content (AvgIpc) is 1.94. The molecule has 1 aliphatic carbocycles. The largest absolute Gasteiger partial charge is 0.324 e. The zero-order valence-electron chi connectivity index (χ0n) is 8.05. The lowest BCUT2D eigenvalue weighted by Gasteiger charge is -2.27. The van der Waals surface area contributed by atoms with Crippen molar-refractivity contribution in [2.24, 2.45) is 11.1 Å². The maximum Gasteiger partial charge on any atom is 0.160 e. The molecule has 12 heavy (non-hydrogen) atoms. The van der Waals surface area contributed by atoms with E-state index in [4.69, 9.17) is 5.73 Å². The molecule has 0 aliphatic heterocycles. The van der Waals surface area contributed by atoms with E-state index >= 15 is 0 Å². The zero-order valence-corrected chi connectivity index (χ0v) is 8.05. The Morgan fingerprint density at radius 1 is 1.58 bits per heavy atom. The van der Waals surface area contributed by atoms with Crippen LogP contribution < -0.4 is 5.73 Å². The second kappa shape index (κ2) is 3.02. The molecule has 0 bridgehead atoms. The van der Waals surface area contributed by atoms with Crippen LogP contribution in [0.3, 0.4) is 0 Å². The third-order valence-corrected chi connectivity index (χ3v) is 2.36. The van der Waals surface area contributed by atoms with Crippen molar-refractivity contribution in [2.45, 2.75) is 39.7 Å². The third kappa shape index (κ3) is 1.95. The van der Waals surface area contributed by atoms with Crippen LogP contribution in [0.2, 0.25) is 0 Å². The first kappa shape index (κ1) is 9.46. The van der Waals surface area contributed by atoms with Gasteiger partial charge in [0.15, 0.2) is 5.78 Å². The van der Waals surface area contributed by atoms with Crippen LogP contribution in [0, 0.1) is 5.41 Å². The first-order chi connectivity index (χ1) is 5.42. The van der Waals surface area contributed by atoms with Crippen molar-refractivity contribution in [1.29, 1.82) is 0 Å². The normalized spacial score (nSPS) is 25.0. The zero-order chi connectivity index (χ0) is 9.35. The molecule has 1 rings (SSSR count). The Labute approximate surface area is 73.8 Å². The van der Waals surface area contributed by atoms with E-state index in [1.807, 2.05) is 13.0 Å². The maximum atomic E-state index is 11.4. The van der Waals surface area contributed by atoms with Crippen LogP contribution in [0.1, 0.15) is 33.6 Å². The summed E-state index contributed by atoms with van der Waals surface area (Å²) >= 11 is 0. The van der Waals surface area contributed by atoms with Crippen LogP contribution in [-0.2, 0) is 4.79 Å². The van der Waals surface area contributed by atoms with Crippen LogP contribution in [0.4, 0.5) is 0 Å². The van der Waals surface area contributed by atoms with E-state index in [0.29, 0.717) is 6.42 Å². The molecule has 0 aromatic carbocycles. The molecule has 1 aliphatic rings. The summed E-state index contributed by atoms with van der Waals surface area (Å²) in [7, 11) is 0.